The largest absolute Gasteiger partial charge is 0.463 e. The number of allylic oxidation sites excluding steroid dienone is 1. The molecule has 0 aromatic rings. The third kappa shape index (κ3) is 4.05. The molecular formula is C8H12F2O2. The van der Waals surface area contributed by atoms with Gasteiger partial charge in [-0.2, -0.15) is 0 Å². The summed E-state index contributed by atoms with van der Waals surface area (Å²) in [5.41, 5.74) is 0.0341. The Morgan fingerprint density at radius 3 is 2.42 bits per heavy atom. The number of carbonyl (C=O) groups is 1. The molecule has 0 aromatic heterocycles. The molecule has 0 spiro atoms. The average molecular weight is 178 g/mol. The Balaban J connectivity index is 4.23. The van der Waals surface area contributed by atoms with Crippen LogP contribution in [-0.4, -0.2) is 19.0 Å². The van der Waals surface area contributed by atoms with Crippen molar-refractivity contribution in [1.82, 2.24) is 0 Å². The van der Waals surface area contributed by atoms with Crippen LogP contribution in [0.2, 0.25) is 0 Å². The number of ether oxygens (including phenoxy) is 1. The first kappa shape index (κ1) is 11.1. The van der Waals surface area contributed by atoms with Gasteiger partial charge >= 0.3 is 5.97 Å². The van der Waals surface area contributed by atoms with Crippen LogP contribution in [0.4, 0.5) is 8.78 Å². The second-order valence-electron chi connectivity index (χ2n) is 2.10. The molecule has 0 rings (SSSR count). The number of hydrogen-bond acceptors (Lipinski definition) is 2. The molecule has 0 saturated carbocycles. The lowest BCUT2D eigenvalue weighted by Crippen LogP contribution is -2.08. The summed E-state index contributed by atoms with van der Waals surface area (Å²) in [5, 5.41) is 0. The number of carbonyl (C=O) groups excluding carboxylic acids is 1. The highest BCUT2D eigenvalue weighted by molar-refractivity contribution is 5.88. The highest BCUT2D eigenvalue weighted by Gasteiger charge is 2.10. The number of hydrogen-bond donors (Lipinski definition) is 0. The van der Waals surface area contributed by atoms with Crippen LogP contribution in [-0.2, 0) is 9.53 Å². The van der Waals surface area contributed by atoms with Crippen molar-refractivity contribution in [2.24, 2.45) is 0 Å². The van der Waals surface area contributed by atoms with E-state index in [0.717, 1.165) is 0 Å². The van der Waals surface area contributed by atoms with Gasteiger partial charge in [0.1, 0.15) is 0 Å². The van der Waals surface area contributed by atoms with E-state index in [4.69, 9.17) is 0 Å². The van der Waals surface area contributed by atoms with E-state index in [-0.39, 0.29) is 18.6 Å². The molecule has 0 N–H and O–H groups in total. The van der Waals surface area contributed by atoms with Gasteiger partial charge in [0.2, 0.25) is 0 Å². The van der Waals surface area contributed by atoms with Crippen molar-refractivity contribution in [3.05, 3.63) is 11.6 Å². The van der Waals surface area contributed by atoms with Gasteiger partial charge in [-0.1, -0.05) is 6.92 Å². The standard InChI is InChI=1S/C8H12F2O2/c1-3-6(5-7(9)10)8(11)12-4-2/h5,7H,3-4H2,1-2H3/b6-5+. The van der Waals surface area contributed by atoms with Crippen LogP contribution in [0.3, 0.4) is 0 Å². The smallest absolute Gasteiger partial charge is 0.333 e. The summed E-state index contributed by atoms with van der Waals surface area (Å²) in [4.78, 5) is 10.9. The zero-order valence-corrected chi connectivity index (χ0v) is 7.14. The first-order valence-corrected chi connectivity index (χ1v) is 3.77. The lowest BCUT2D eigenvalue weighted by molar-refractivity contribution is -0.138. The summed E-state index contributed by atoms with van der Waals surface area (Å²) in [7, 11) is 0. The molecule has 0 aromatic carbocycles. The van der Waals surface area contributed by atoms with Crippen molar-refractivity contribution in [3.63, 3.8) is 0 Å². The molecule has 0 atom stereocenters. The van der Waals surface area contributed by atoms with E-state index in [9.17, 15) is 13.6 Å². The highest BCUT2D eigenvalue weighted by atomic mass is 19.3. The molecular weight excluding hydrogens is 166 g/mol. The highest BCUT2D eigenvalue weighted by Crippen LogP contribution is 2.07. The van der Waals surface area contributed by atoms with E-state index in [1.54, 1.807) is 13.8 Å². The van der Waals surface area contributed by atoms with E-state index in [2.05, 4.69) is 4.74 Å². The monoisotopic (exact) mass is 178 g/mol. The second kappa shape index (κ2) is 5.69. The Morgan fingerprint density at radius 2 is 2.08 bits per heavy atom. The van der Waals surface area contributed by atoms with Gasteiger partial charge in [0, 0.05) is 5.57 Å². The SMILES string of the molecule is CCOC(=O)/C(=C/C(F)F)CC. The summed E-state index contributed by atoms with van der Waals surface area (Å²) in [5.74, 6) is -0.653. The Kier molecular flexibility index (Phi) is 5.25. The summed E-state index contributed by atoms with van der Waals surface area (Å²) in [6.07, 6.45) is -1.70. The molecule has 0 heterocycles. The van der Waals surface area contributed by atoms with E-state index in [1.807, 2.05) is 0 Å². The van der Waals surface area contributed by atoms with Gasteiger partial charge in [0.15, 0.2) is 0 Å². The van der Waals surface area contributed by atoms with Crippen molar-refractivity contribution in [2.45, 2.75) is 26.7 Å². The minimum atomic E-state index is -2.59. The van der Waals surface area contributed by atoms with Crippen LogP contribution in [0.15, 0.2) is 11.6 Å². The Labute approximate surface area is 70.2 Å². The van der Waals surface area contributed by atoms with Gasteiger partial charge in [-0.05, 0) is 19.4 Å². The van der Waals surface area contributed by atoms with E-state index in [1.165, 1.54) is 0 Å². The first-order valence-electron chi connectivity index (χ1n) is 3.77. The van der Waals surface area contributed by atoms with Crippen molar-refractivity contribution in [2.75, 3.05) is 6.61 Å². The van der Waals surface area contributed by atoms with Crippen LogP contribution < -0.4 is 0 Å². The summed E-state index contributed by atoms with van der Waals surface area (Å²) >= 11 is 0. The molecule has 0 radical (unpaired) electrons. The van der Waals surface area contributed by atoms with Crippen LogP contribution in [0, 0.1) is 0 Å². The maximum Gasteiger partial charge on any atom is 0.333 e. The Hall–Kier alpha value is -0.930. The average Bonchev–Trinajstić information content (AvgIpc) is 2.00. The number of halogens is 2. The third-order valence-electron chi connectivity index (χ3n) is 1.25. The molecule has 0 aliphatic rings. The summed E-state index contributed by atoms with van der Waals surface area (Å²) in [6.45, 7) is 3.47. The number of esters is 1. The van der Waals surface area contributed by atoms with Crippen LogP contribution >= 0.6 is 0 Å². The molecule has 0 aliphatic heterocycles. The van der Waals surface area contributed by atoms with Gasteiger partial charge in [-0.25, -0.2) is 13.6 Å². The molecule has 0 fully saturated rings. The van der Waals surface area contributed by atoms with Gasteiger partial charge in [0.05, 0.1) is 6.61 Å². The van der Waals surface area contributed by atoms with E-state index in [0.29, 0.717) is 6.08 Å². The van der Waals surface area contributed by atoms with Gasteiger partial charge in [-0.15, -0.1) is 0 Å². The fourth-order valence-corrected chi connectivity index (χ4v) is 0.706. The normalized spacial score (nSPS) is 11.9. The summed E-state index contributed by atoms with van der Waals surface area (Å²) < 4.78 is 28.1. The molecule has 70 valence electrons. The van der Waals surface area contributed by atoms with Gasteiger partial charge in [0.25, 0.3) is 6.43 Å². The zero-order valence-electron chi connectivity index (χ0n) is 7.14. The fraction of sp³-hybridized carbons (Fsp3) is 0.625. The maximum atomic E-state index is 11.8. The van der Waals surface area contributed by atoms with Crippen molar-refractivity contribution in [3.8, 4) is 0 Å². The molecule has 0 unspecified atom stereocenters. The van der Waals surface area contributed by atoms with Crippen molar-refractivity contribution < 1.29 is 18.3 Å². The number of alkyl halides is 2. The Morgan fingerprint density at radius 1 is 1.50 bits per heavy atom. The predicted octanol–water partition coefficient (Wildman–Crippen LogP) is 2.15. The topological polar surface area (TPSA) is 26.3 Å². The first-order chi connectivity index (χ1) is 5.61. The third-order valence-corrected chi connectivity index (χ3v) is 1.25. The van der Waals surface area contributed by atoms with Gasteiger partial charge < -0.3 is 4.74 Å². The lowest BCUT2D eigenvalue weighted by Gasteiger charge is -2.03. The molecule has 2 nitrogen and oxygen atoms in total. The minimum Gasteiger partial charge on any atom is -0.463 e. The van der Waals surface area contributed by atoms with Crippen molar-refractivity contribution >= 4 is 5.97 Å². The second-order valence-corrected chi connectivity index (χ2v) is 2.10. The fourth-order valence-electron chi connectivity index (χ4n) is 0.706. The minimum absolute atomic E-state index is 0.0341. The Bertz CT molecular complexity index is 176. The quantitative estimate of drug-likeness (QED) is 0.487. The van der Waals surface area contributed by atoms with Crippen LogP contribution in [0.1, 0.15) is 20.3 Å². The lowest BCUT2D eigenvalue weighted by atomic mass is 10.2. The maximum absolute atomic E-state index is 11.8. The molecule has 0 amide bonds. The molecule has 12 heavy (non-hydrogen) atoms. The van der Waals surface area contributed by atoms with Crippen LogP contribution in [0.25, 0.3) is 0 Å². The van der Waals surface area contributed by atoms with E-state index >= 15 is 0 Å². The van der Waals surface area contributed by atoms with E-state index < -0.39 is 12.4 Å². The zero-order chi connectivity index (χ0) is 9.56. The molecule has 4 heteroatoms. The molecule has 0 saturated heterocycles. The predicted molar refractivity (Wildman–Crippen MR) is 41.0 cm³/mol. The summed E-state index contributed by atoms with van der Waals surface area (Å²) in [6, 6.07) is 0. The van der Waals surface area contributed by atoms with Crippen LogP contribution in [0.5, 0.6) is 0 Å². The molecule has 0 aliphatic carbocycles. The number of rotatable bonds is 4. The van der Waals surface area contributed by atoms with Crippen molar-refractivity contribution in [1.29, 1.82) is 0 Å². The molecule has 0 bridgehead atoms. The van der Waals surface area contributed by atoms with Gasteiger partial charge in [-0.3, -0.25) is 0 Å².